The first-order valence-electron chi connectivity index (χ1n) is 9.71. The molecule has 0 saturated carbocycles. The largest absolute Gasteiger partial charge is 0.398 e. The minimum atomic E-state index is -0.113. The Morgan fingerprint density at radius 2 is 0.714 bits per heavy atom. The molecular formula is C25H31N3. The summed E-state index contributed by atoms with van der Waals surface area (Å²) < 4.78 is 0. The van der Waals surface area contributed by atoms with E-state index in [-0.39, 0.29) is 5.92 Å². The van der Waals surface area contributed by atoms with Gasteiger partial charge in [0.25, 0.3) is 0 Å². The summed E-state index contributed by atoms with van der Waals surface area (Å²) in [6, 6.07) is 12.7. The molecule has 0 aromatic heterocycles. The molecule has 3 aromatic rings. The number of aryl methyl sites for hydroxylation is 3. The maximum Gasteiger partial charge on any atom is 0.0401 e. The van der Waals surface area contributed by atoms with Gasteiger partial charge >= 0.3 is 0 Å². The third-order valence-electron chi connectivity index (χ3n) is 6.39. The highest BCUT2D eigenvalue weighted by Gasteiger charge is 2.26. The first kappa shape index (κ1) is 19.8. The summed E-state index contributed by atoms with van der Waals surface area (Å²) >= 11 is 0. The molecule has 0 aliphatic rings. The van der Waals surface area contributed by atoms with Crippen LogP contribution in [0.15, 0.2) is 36.4 Å². The molecule has 6 N–H and O–H groups in total. The number of hydrogen-bond acceptors (Lipinski definition) is 3. The van der Waals surface area contributed by atoms with Crippen LogP contribution in [0.5, 0.6) is 0 Å². The zero-order valence-electron chi connectivity index (χ0n) is 17.8. The summed E-state index contributed by atoms with van der Waals surface area (Å²) in [5.74, 6) is -0.113. The van der Waals surface area contributed by atoms with E-state index in [1.807, 2.05) is 0 Å². The predicted octanol–water partition coefficient (Wildman–Crippen LogP) is 5.46. The average Bonchev–Trinajstić information content (AvgIpc) is 2.67. The molecule has 0 aliphatic carbocycles. The van der Waals surface area contributed by atoms with Gasteiger partial charge in [-0.3, -0.25) is 0 Å². The van der Waals surface area contributed by atoms with Crippen LogP contribution in [0.1, 0.15) is 56.0 Å². The Morgan fingerprint density at radius 3 is 0.964 bits per heavy atom. The predicted molar refractivity (Wildman–Crippen MR) is 122 cm³/mol. The van der Waals surface area contributed by atoms with Gasteiger partial charge in [-0.15, -0.1) is 0 Å². The number of nitrogen functional groups attached to an aromatic ring is 3. The van der Waals surface area contributed by atoms with Crippen molar-refractivity contribution in [3.05, 3.63) is 86.5 Å². The first-order chi connectivity index (χ1) is 13.1. The summed E-state index contributed by atoms with van der Waals surface area (Å²) in [6.45, 7) is 12.5. The van der Waals surface area contributed by atoms with Gasteiger partial charge < -0.3 is 17.2 Å². The summed E-state index contributed by atoms with van der Waals surface area (Å²) in [7, 11) is 0. The van der Waals surface area contributed by atoms with Crippen LogP contribution in [0.3, 0.4) is 0 Å². The number of rotatable bonds is 3. The van der Waals surface area contributed by atoms with E-state index < -0.39 is 0 Å². The van der Waals surface area contributed by atoms with Crippen LogP contribution in [0.4, 0.5) is 17.1 Å². The lowest BCUT2D eigenvalue weighted by molar-refractivity contribution is 0.974. The standard InChI is InChI=1S/C25H31N3/c1-13-7-10-19(23(26)16(13)4)22(20-11-8-14(2)17(5)24(20)27)21-12-9-15(3)18(6)25(21)28/h7-12,22H,26-28H2,1-6H3. The molecule has 3 aromatic carbocycles. The van der Waals surface area contributed by atoms with E-state index in [0.29, 0.717) is 0 Å². The molecule has 28 heavy (non-hydrogen) atoms. The van der Waals surface area contributed by atoms with Crippen LogP contribution >= 0.6 is 0 Å². The van der Waals surface area contributed by atoms with Gasteiger partial charge in [-0.05, 0) is 91.6 Å². The normalized spacial score (nSPS) is 11.2. The van der Waals surface area contributed by atoms with Crippen molar-refractivity contribution in [1.29, 1.82) is 0 Å². The quantitative estimate of drug-likeness (QED) is 0.421. The van der Waals surface area contributed by atoms with Crippen LogP contribution in [0, 0.1) is 41.5 Å². The SMILES string of the molecule is Cc1ccc(C(c2ccc(C)c(C)c2N)c2ccc(C)c(C)c2N)c(N)c1C. The molecule has 3 heteroatoms. The monoisotopic (exact) mass is 373 g/mol. The summed E-state index contributed by atoms with van der Waals surface area (Å²) in [5, 5.41) is 0. The number of anilines is 3. The van der Waals surface area contributed by atoms with Gasteiger partial charge in [-0.2, -0.15) is 0 Å². The van der Waals surface area contributed by atoms with E-state index in [0.717, 1.165) is 50.4 Å². The Kier molecular flexibility index (Phi) is 5.12. The Bertz CT molecular complexity index is 927. The van der Waals surface area contributed by atoms with Gasteiger partial charge in [-0.1, -0.05) is 36.4 Å². The lowest BCUT2D eigenvalue weighted by Crippen LogP contribution is -2.14. The molecule has 3 nitrogen and oxygen atoms in total. The first-order valence-corrected chi connectivity index (χ1v) is 9.71. The highest BCUT2D eigenvalue weighted by Crippen LogP contribution is 2.43. The van der Waals surface area contributed by atoms with Gasteiger partial charge in [0.15, 0.2) is 0 Å². The summed E-state index contributed by atoms with van der Waals surface area (Å²) in [6.07, 6.45) is 0. The van der Waals surface area contributed by atoms with Crippen molar-refractivity contribution < 1.29 is 0 Å². The molecule has 0 spiro atoms. The fourth-order valence-electron chi connectivity index (χ4n) is 3.83. The molecule has 0 atom stereocenters. The average molecular weight is 374 g/mol. The lowest BCUT2D eigenvalue weighted by Gasteiger charge is -2.26. The van der Waals surface area contributed by atoms with Crippen LogP contribution in [-0.2, 0) is 0 Å². The van der Waals surface area contributed by atoms with Gasteiger partial charge in [-0.25, -0.2) is 0 Å². The van der Waals surface area contributed by atoms with Crippen molar-refractivity contribution in [3.63, 3.8) is 0 Å². The van der Waals surface area contributed by atoms with Crippen LogP contribution < -0.4 is 17.2 Å². The molecule has 0 fully saturated rings. The molecule has 0 amide bonds. The molecule has 0 heterocycles. The van der Waals surface area contributed by atoms with Crippen molar-refractivity contribution in [2.45, 2.75) is 47.5 Å². The molecule has 0 unspecified atom stereocenters. The van der Waals surface area contributed by atoms with Gasteiger partial charge in [0.2, 0.25) is 0 Å². The van der Waals surface area contributed by atoms with Crippen LogP contribution in [-0.4, -0.2) is 0 Å². The highest BCUT2D eigenvalue weighted by atomic mass is 14.6. The number of benzene rings is 3. The summed E-state index contributed by atoms with van der Waals surface area (Å²) in [5.41, 5.74) is 32.3. The Hall–Kier alpha value is -2.94. The third-order valence-corrected chi connectivity index (χ3v) is 6.39. The fourth-order valence-corrected chi connectivity index (χ4v) is 3.83. The van der Waals surface area contributed by atoms with Crippen LogP contribution in [0.25, 0.3) is 0 Å². The number of nitrogens with two attached hydrogens (primary N) is 3. The van der Waals surface area contributed by atoms with Crippen LogP contribution in [0.2, 0.25) is 0 Å². The molecule has 146 valence electrons. The van der Waals surface area contributed by atoms with E-state index in [2.05, 4.69) is 77.9 Å². The smallest absolute Gasteiger partial charge is 0.0401 e. The third kappa shape index (κ3) is 3.11. The summed E-state index contributed by atoms with van der Waals surface area (Å²) in [4.78, 5) is 0. The van der Waals surface area contributed by atoms with E-state index in [1.165, 1.54) is 16.7 Å². The zero-order valence-corrected chi connectivity index (χ0v) is 17.8. The second-order valence-corrected chi connectivity index (χ2v) is 7.96. The fraction of sp³-hybridized carbons (Fsp3) is 0.280. The highest BCUT2D eigenvalue weighted by molar-refractivity contribution is 5.71. The van der Waals surface area contributed by atoms with E-state index in [1.54, 1.807) is 0 Å². The van der Waals surface area contributed by atoms with Gasteiger partial charge in [0, 0.05) is 23.0 Å². The van der Waals surface area contributed by atoms with Crippen molar-refractivity contribution in [2.24, 2.45) is 0 Å². The molecule has 0 radical (unpaired) electrons. The van der Waals surface area contributed by atoms with Gasteiger partial charge in [0.05, 0.1) is 0 Å². The van der Waals surface area contributed by atoms with E-state index in [4.69, 9.17) is 17.2 Å². The van der Waals surface area contributed by atoms with Crippen molar-refractivity contribution in [3.8, 4) is 0 Å². The lowest BCUT2D eigenvalue weighted by atomic mass is 9.79. The van der Waals surface area contributed by atoms with E-state index in [9.17, 15) is 0 Å². The van der Waals surface area contributed by atoms with E-state index >= 15 is 0 Å². The Balaban J connectivity index is 2.38. The van der Waals surface area contributed by atoms with Crippen molar-refractivity contribution in [2.75, 3.05) is 17.2 Å². The maximum atomic E-state index is 6.61. The Labute approximate surface area is 168 Å². The second kappa shape index (κ2) is 7.23. The molecule has 3 rings (SSSR count). The number of hydrogen-bond donors (Lipinski definition) is 3. The maximum absolute atomic E-state index is 6.61. The molecular weight excluding hydrogens is 342 g/mol. The topological polar surface area (TPSA) is 78.1 Å². The minimum absolute atomic E-state index is 0.113. The molecule has 0 saturated heterocycles. The molecule has 0 bridgehead atoms. The van der Waals surface area contributed by atoms with Crippen molar-refractivity contribution in [1.82, 2.24) is 0 Å². The zero-order chi connectivity index (χ0) is 20.7. The van der Waals surface area contributed by atoms with Crippen molar-refractivity contribution >= 4 is 17.1 Å². The molecule has 0 aliphatic heterocycles. The van der Waals surface area contributed by atoms with Gasteiger partial charge in [0.1, 0.15) is 0 Å². The Morgan fingerprint density at radius 1 is 0.464 bits per heavy atom. The second-order valence-electron chi connectivity index (χ2n) is 7.96. The minimum Gasteiger partial charge on any atom is -0.398 e.